The Morgan fingerprint density at radius 3 is 2.50 bits per heavy atom. The summed E-state index contributed by atoms with van der Waals surface area (Å²) >= 11 is 1.23. The Morgan fingerprint density at radius 1 is 1.67 bits per heavy atom. The summed E-state index contributed by atoms with van der Waals surface area (Å²) < 4.78 is 0. The fourth-order valence-electron chi connectivity index (χ4n) is 0.419. The van der Waals surface area contributed by atoms with Gasteiger partial charge in [0, 0.05) is 11.0 Å². The highest BCUT2D eigenvalue weighted by Gasteiger charge is 2.30. The molecular weight excluding hydrogens is 180 g/mol. The van der Waals surface area contributed by atoms with Gasteiger partial charge in [0.1, 0.15) is 0 Å². The van der Waals surface area contributed by atoms with Gasteiger partial charge in [0.25, 0.3) is 0 Å². The summed E-state index contributed by atoms with van der Waals surface area (Å²) in [5.41, 5.74) is -1.70. The smallest absolute Gasteiger partial charge is 0.336 e. The van der Waals surface area contributed by atoms with Gasteiger partial charge >= 0.3 is 5.97 Å². The van der Waals surface area contributed by atoms with Crippen LogP contribution in [-0.4, -0.2) is 44.5 Å². The highest BCUT2D eigenvalue weighted by molar-refractivity contribution is 8.00. The predicted molar refractivity (Wildman–Crippen MR) is 47.3 cm³/mol. The van der Waals surface area contributed by atoms with Crippen LogP contribution in [0, 0.1) is 0 Å². The molecule has 0 saturated carbocycles. The maximum Gasteiger partial charge on any atom is 0.336 e. The lowest BCUT2D eigenvalue weighted by Crippen LogP contribution is -2.38. The second-order valence-corrected chi connectivity index (χ2v) is 4.31. The number of thioether (sulfide) groups is 1. The molecule has 0 aromatic carbocycles. The topological polar surface area (TPSA) is 77.8 Å². The Kier molecular flexibility index (Phi) is 4.59. The minimum atomic E-state index is -1.70. The van der Waals surface area contributed by atoms with Crippen LogP contribution in [0.1, 0.15) is 13.8 Å². The Morgan fingerprint density at radius 2 is 2.17 bits per heavy atom. The Bertz CT molecular complexity index is 157. The van der Waals surface area contributed by atoms with Gasteiger partial charge in [-0.1, -0.05) is 6.92 Å². The number of aliphatic hydroxyl groups is 2. The molecule has 2 unspecified atom stereocenters. The molecule has 0 aliphatic heterocycles. The van der Waals surface area contributed by atoms with Crippen molar-refractivity contribution < 1.29 is 20.1 Å². The summed E-state index contributed by atoms with van der Waals surface area (Å²) in [6, 6.07) is 0. The first-order chi connectivity index (χ1) is 5.40. The second kappa shape index (κ2) is 4.69. The second-order valence-electron chi connectivity index (χ2n) is 2.88. The molecular formula is C7H14O4S. The molecule has 0 fully saturated rings. The van der Waals surface area contributed by atoms with Gasteiger partial charge in [-0.2, -0.15) is 11.8 Å². The SMILES string of the molecule is CC(CO)SCC(C)(O)C(=O)O. The van der Waals surface area contributed by atoms with Crippen LogP contribution in [0.2, 0.25) is 0 Å². The number of carboxylic acids is 1. The van der Waals surface area contributed by atoms with Crippen molar-refractivity contribution >= 4 is 17.7 Å². The number of rotatable bonds is 5. The number of hydrogen-bond donors (Lipinski definition) is 3. The molecule has 0 aromatic heterocycles. The van der Waals surface area contributed by atoms with E-state index in [2.05, 4.69) is 0 Å². The summed E-state index contributed by atoms with van der Waals surface area (Å²) in [7, 11) is 0. The highest BCUT2D eigenvalue weighted by Crippen LogP contribution is 2.17. The molecule has 0 radical (unpaired) electrons. The summed E-state index contributed by atoms with van der Waals surface area (Å²) in [6.45, 7) is 3.00. The quantitative estimate of drug-likeness (QED) is 0.571. The van der Waals surface area contributed by atoms with E-state index in [4.69, 9.17) is 10.2 Å². The van der Waals surface area contributed by atoms with E-state index in [-0.39, 0.29) is 17.6 Å². The van der Waals surface area contributed by atoms with Gasteiger partial charge in [-0.15, -0.1) is 0 Å². The fourth-order valence-corrected chi connectivity index (χ4v) is 1.26. The fraction of sp³-hybridized carbons (Fsp3) is 0.857. The Balaban J connectivity index is 3.83. The third-order valence-corrected chi connectivity index (χ3v) is 2.81. The molecule has 0 rings (SSSR count). The van der Waals surface area contributed by atoms with Crippen molar-refractivity contribution in [3.8, 4) is 0 Å². The predicted octanol–water partition coefficient (Wildman–Crippen LogP) is -0.0640. The average Bonchev–Trinajstić information content (AvgIpc) is 2.00. The molecule has 2 atom stereocenters. The monoisotopic (exact) mass is 194 g/mol. The Labute approximate surface area is 75.6 Å². The summed E-state index contributed by atoms with van der Waals surface area (Å²) in [5, 5.41) is 26.3. The molecule has 0 aliphatic rings. The normalized spacial score (nSPS) is 18.3. The summed E-state index contributed by atoms with van der Waals surface area (Å²) in [6.07, 6.45) is 0. The summed E-state index contributed by atoms with van der Waals surface area (Å²) in [5.74, 6) is -1.15. The van der Waals surface area contributed by atoms with Crippen molar-refractivity contribution in [3.63, 3.8) is 0 Å². The third-order valence-electron chi connectivity index (χ3n) is 1.37. The highest BCUT2D eigenvalue weighted by atomic mass is 32.2. The van der Waals surface area contributed by atoms with Crippen LogP contribution in [-0.2, 0) is 4.79 Å². The molecule has 0 aromatic rings. The molecule has 12 heavy (non-hydrogen) atoms. The van der Waals surface area contributed by atoms with Crippen molar-refractivity contribution in [1.29, 1.82) is 0 Å². The maximum atomic E-state index is 10.4. The van der Waals surface area contributed by atoms with E-state index in [0.29, 0.717) is 0 Å². The van der Waals surface area contributed by atoms with Gasteiger partial charge in [0.2, 0.25) is 0 Å². The van der Waals surface area contributed by atoms with Crippen LogP contribution in [0.4, 0.5) is 0 Å². The first-order valence-corrected chi connectivity index (χ1v) is 4.63. The van der Waals surface area contributed by atoms with Crippen LogP contribution >= 0.6 is 11.8 Å². The molecule has 0 aliphatic carbocycles. The molecule has 3 N–H and O–H groups in total. The van der Waals surface area contributed by atoms with E-state index in [0.717, 1.165) is 0 Å². The van der Waals surface area contributed by atoms with E-state index in [1.165, 1.54) is 18.7 Å². The van der Waals surface area contributed by atoms with Crippen molar-refractivity contribution in [2.24, 2.45) is 0 Å². The zero-order valence-electron chi connectivity index (χ0n) is 7.15. The van der Waals surface area contributed by atoms with Crippen molar-refractivity contribution in [3.05, 3.63) is 0 Å². The number of aliphatic hydroxyl groups excluding tert-OH is 1. The molecule has 72 valence electrons. The lowest BCUT2D eigenvalue weighted by Gasteiger charge is -2.18. The van der Waals surface area contributed by atoms with E-state index in [1.807, 2.05) is 0 Å². The van der Waals surface area contributed by atoms with Crippen molar-refractivity contribution in [2.45, 2.75) is 24.7 Å². The van der Waals surface area contributed by atoms with Crippen LogP contribution < -0.4 is 0 Å². The minimum absolute atomic E-state index is 0.0135. The third kappa shape index (κ3) is 3.94. The van der Waals surface area contributed by atoms with Gasteiger partial charge in [0.05, 0.1) is 6.61 Å². The molecule has 4 nitrogen and oxygen atoms in total. The zero-order valence-corrected chi connectivity index (χ0v) is 7.97. The molecule has 0 heterocycles. The van der Waals surface area contributed by atoms with Gasteiger partial charge in [-0.25, -0.2) is 4.79 Å². The first-order valence-electron chi connectivity index (χ1n) is 3.58. The van der Waals surface area contributed by atoms with Crippen molar-refractivity contribution in [2.75, 3.05) is 12.4 Å². The lowest BCUT2D eigenvalue weighted by molar-refractivity contribution is -0.154. The minimum Gasteiger partial charge on any atom is -0.479 e. The van der Waals surface area contributed by atoms with E-state index in [1.54, 1.807) is 6.92 Å². The molecule has 0 spiro atoms. The number of aliphatic carboxylic acids is 1. The van der Waals surface area contributed by atoms with Crippen molar-refractivity contribution in [1.82, 2.24) is 0 Å². The number of hydrogen-bond acceptors (Lipinski definition) is 4. The maximum absolute atomic E-state index is 10.4. The average molecular weight is 194 g/mol. The number of carboxylic acid groups (broad SMARTS) is 1. The van der Waals surface area contributed by atoms with E-state index in [9.17, 15) is 9.90 Å². The zero-order chi connectivity index (χ0) is 9.78. The van der Waals surface area contributed by atoms with Crippen LogP contribution in [0.25, 0.3) is 0 Å². The van der Waals surface area contributed by atoms with Gasteiger partial charge in [-0.3, -0.25) is 0 Å². The van der Waals surface area contributed by atoms with E-state index < -0.39 is 11.6 Å². The first kappa shape index (κ1) is 11.7. The largest absolute Gasteiger partial charge is 0.479 e. The van der Waals surface area contributed by atoms with E-state index >= 15 is 0 Å². The van der Waals surface area contributed by atoms with Gasteiger partial charge in [0.15, 0.2) is 5.60 Å². The Hall–Kier alpha value is -0.260. The van der Waals surface area contributed by atoms with Gasteiger partial charge in [-0.05, 0) is 6.92 Å². The molecule has 5 heteroatoms. The van der Waals surface area contributed by atoms with Gasteiger partial charge < -0.3 is 15.3 Å². The molecule has 0 bridgehead atoms. The standard InChI is InChI=1S/C7H14O4S/c1-5(3-8)12-4-7(2,11)6(9)10/h5,8,11H,3-4H2,1-2H3,(H,9,10). The van der Waals surface area contributed by atoms with Crippen LogP contribution in [0.5, 0.6) is 0 Å². The van der Waals surface area contributed by atoms with Crippen LogP contribution in [0.3, 0.4) is 0 Å². The molecule has 0 amide bonds. The lowest BCUT2D eigenvalue weighted by atomic mass is 10.1. The summed E-state index contributed by atoms with van der Waals surface area (Å²) in [4.78, 5) is 10.4. The molecule has 0 saturated heterocycles. The van der Waals surface area contributed by atoms with Crippen LogP contribution in [0.15, 0.2) is 0 Å². The number of carbonyl (C=O) groups is 1.